The quantitative estimate of drug-likeness (QED) is 0.913. The Bertz CT molecular complexity index is 689. The summed E-state index contributed by atoms with van der Waals surface area (Å²) in [5.74, 6) is 0.367. The van der Waals surface area contributed by atoms with Crippen molar-refractivity contribution in [1.29, 1.82) is 0 Å². The first-order valence-corrected chi connectivity index (χ1v) is 7.83. The van der Waals surface area contributed by atoms with Gasteiger partial charge in [-0.05, 0) is 29.8 Å². The zero-order chi connectivity index (χ0) is 14.2. The Morgan fingerprint density at radius 1 is 1.42 bits per heavy atom. The first-order chi connectivity index (χ1) is 8.79. The summed E-state index contributed by atoms with van der Waals surface area (Å²) < 4.78 is 30.5. The Hall–Kier alpha value is -1.35. The molecule has 2 aromatic heterocycles. The predicted octanol–water partition coefficient (Wildman–Crippen LogP) is 1.76. The van der Waals surface area contributed by atoms with Crippen LogP contribution in [0.4, 0.5) is 5.82 Å². The van der Waals surface area contributed by atoms with Crippen molar-refractivity contribution in [2.45, 2.75) is 24.9 Å². The van der Waals surface area contributed by atoms with Crippen LogP contribution in [-0.4, -0.2) is 27.7 Å². The highest BCUT2D eigenvalue weighted by Crippen LogP contribution is 2.18. The van der Waals surface area contributed by atoms with Gasteiger partial charge >= 0.3 is 0 Å². The van der Waals surface area contributed by atoms with E-state index in [0.717, 1.165) is 0 Å². The standard InChI is InChI=1S/C10H14BrN5O2S/c1-7(2)16-5-10(12-6-16)19(17,18)14-9-4-8(11)13-15(9)3/h4-7,14H,1-3H3. The lowest BCUT2D eigenvalue weighted by Gasteiger charge is -2.06. The van der Waals surface area contributed by atoms with Crippen LogP contribution in [0.2, 0.25) is 0 Å². The van der Waals surface area contributed by atoms with Crippen molar-refractivity contribution in [2.24, 2.45) is 7.05 Å². The maximum atomic E-state index is 12.2. The number of nitrogens with zero attached hydrogens (tertiary/aromatic N) is 4. The van der Waals surface area contributed by atoms with Crippen LogP contribution < -0.4 is 4.72 Å². The molecule has 0 fully saturated rings. The van der Waals surface area contributed by atoms with Crippen molar-refractivity contribution < 1.29 is 8.42 Å². The molecule has 2 heterocycles. The van der Waals surface area contributed by atoms with Gasteiger partial charge < -0.3 is 4.57 Å². The Labute approximate surface area is 119 Å². The molecule has 0 spiro atoms. The second kappa shape index (κ2) is 4.97. The lowest BCUT2D eigenvalue weighted by Crippen LogP contribution is -2.15. The van der Waals surface area contributed by atoms with Crippen LogP contribution in [0.15, 0.2) is 28.2 Å². The van der Waals surface area contributed by atoms with Crippen LogP contribution in [0.5, 0.6) is 0 Å². The third-order valence-corrected chi connectivity index (χ3v) is 4.17. The molecule has 9 heteroatoms. The number of nitrogens with one attached hydrogen (secondary N) is 1. The van der Waals surface area contributed by atoms with Gasteiger partial charge in [0.15, 0.2) is 5.03 Å². The molecular weight excluding hydrogens is 334 g/mol. The zero-order valence-corrected chi connectivity index (χ0v) is 13.1. The fourth-order valence-corrected chi connectivity index (χ4v) is 2.93. The van der Waals surface area contributed by atoms with Gasteiger partial charge in [0.05, 0.1) is 6.33 Å². The van der Waals surface area contributed by atoms with Crippen molar-refractivity contribution in [3.05, 3.63) is 23.2 Å². The summed E-state index contributed by atoms with van der Waals surface area (Å²) >= 11 is 3.18. The Balaban J connectivity index is 2.29. The molecule has 0 amide bonds. The number of sulfonamides is 1. The fourth-order valence-electron chi connectivity index (χ4n) is 1.46. The minimum atomic E-state index is -3.70. The SMILES string of the molecule is CC(C)n1cnc(S(=O)(=O)Nc2cc(Br)nn2C)c1. The number of hydrogen-bond acceptors (Lipinski definition) is 4. The fraction of sp³-hybridized carbons (Fsp3) is 0.400. The van der Waals surface area contributed by atoms with E-state index in [9.17, 15) is 8.42 Å². The molecule has 0 atom stereocenters. The Morgan fingerprint density at radius 3 is 2.58 bits per heavy atom. The molecule has 0 aliphatic rings. The smallest absolute Gasteiger partial charge is 0.282 e. The minimum absolute atomic E-state index is 0.0153. The van der Waals surface area contributed by atoms with E-state index in [-0.39, 0.29) is 11.1 Å². The molecule has 19 heavy (non-hydrogen) atoms. The van der Waals surface area contributed by atoms with Crippen molar-refractivity contribution in [3.63, 3.8) is 0 Å². The average molecular weight is 348 g/mol. The summed E-state index contributed by atoms with van der Waals surface area (Å²) in [6, 6.07) is 1.74. The van der Waals surface area contributed by atoms with Gasteiger partial charge in [-0.3, -0.25) is 9.40 Å². The van der Waals surface area contributed by atoms with Crippen LogP contribution in [0.3, 0.4) is 0 Å². The van der Waals surface area contributed by atoms with E-state index in [1.54, 1.807) is 17.7 Å². The van der Waals surface area contributed by atoms with Crippen molar-refractivity contribution in [2.75, 3.05) is 4.72 Å². The molecule has 0 bridgehead atoms. The molecular formula is C10H14BrN5O2S. The summed E-state index contributed by atoms with van der Waals surface area (Å²) in [5, 5.41) is 3.99. The zero-order valence-electron chi connectivity index (χ0n) is 10.7. The van der Waals surface area contributed by atoms with Crippen LogP contribution in [-0.2, 0) is 17.1 Å². The normalized spacial score (nSPS) is 12.1. The van der Waals surface area contributed by atoms with Gasteiger partial charge in [0.2, 0.25) is 0 Å². The highest BCUT2D eigenvalue weighted by molar-refractivity contribution is 9.10. The number of aromatic nitrogens is 4. The minimum Gasteiger partial charge on any atom is -0.334 e. The molecule has 0 aliphatic carbocycles. The van der Waals surface area contributed by atoms with E-state index in [1.807, 2.05) is 13.8 Å². The molecule has 0 saturated heterocycles. The molecule has 104 valence electrons. The number of rotatable bonds is 4. The average Bonchev–Trinajstić information content (AvgIpc) is 2.86. The second-order valence-corrected chi connectivity index (χ2v) is 6.78. The highest BCUT2D eigenvalue weighted by atomic mass is 79.9. The Morgan fingerprint density at radius 2 is 2.11 bits per heavy atom. The van der Waals surface area contributed by atoms with Crippen LogP contribution >= 0.6 is 15.9 Å². The summed E-state index contributed by atoms with van der Waals surface area (Å²) in [5.41, 5.74) is 0. The number of hydrogen-bond donors (Lipinski definition) is 1. The van der Waals surface area contributed by atoms with Gasteiger partial charge in [-0.2, -0.15) is 13.5 Å². The maximum Gasteiger partial charge on any atom is 0.282 e. The van der Waals surface area contributed by atoms with Gasteiger partial charge in [0, 0.05) is 25.4 Å². The van der Waals surface area contributed by atoms with Gasteiger partial charge in [0.25, 0.3) is 10.0 Å². The van der Waals surface area contributed by atoms with E-state index >= 15 is 0 Å². The molecule has 0 radical (unpaired) electrons. The second-order valence-electron chi connectivity index (χ2n) is 4.33. The highest BCUT2D eigenvalue weighted by Gasteiger charge is 2.20. The topological polar surface area (TPSA) is 81.8 Å². The van der Waals surface area contributed by atoms with E-state index in [4.69, 9.17) is 0 Å². The summed E-state index contributed by atoms with van der Waals surface area (Å²) in [6.45, 7) is 3.90. The van der Waals surface area contributed by atoms with Crippen LogP contribution in [0.25, 0.3) is 0 Å². The van der Waals surface area contributed by atoms with Gasteiger partial charge in [-0.25, -0.2) is 4.98 Å². The monoisotopic (exact) mass is 347 g/mol. The molecule has 2 aromatic rings. The third-order valence-electron chi connectivity index (χ3n) is 2.54. The Kier molecular flexibility index (Phi) is 3.68. The molecule has 0 aliphatic heterocycles. The van der Waals surface area contributed by atoms with Crippen molar-refractivity contribution in [1.82, 2.24) is 19.3 Å². The molecule has 1 N–H and O–H groups in total. The lowest BCUT2D eigenvalue weighted by atomic mass is 10.4. The first-order valence-electron chi connectivity index (χ1n) is 5.55. The van der Waals surface area contributed by atoms with Gasteiger partial charge in [-0.15, -0.1) is 0 Å². The van der Waals surface area contributed by atoms with Crippen molar-refractivity contribution >= 4 is 31.8 Å². The lowest BCUT2D eigenvalue weighted by molar-refractivity contribution is 0.591. The van der Waals surface area contributed by atoms with E-state index < -0.39 is 10.0 Å². The number of aryl methyl sites for hydroxylation is 1. The summed E-state index contributed by atoms with van der Waals surface area (Å²) in [4.78, 5) is 3.91. The summed E-state index contributed by atoms with van der Waals surface area (Å²) in [6.07, 6.45) is 3.00. The molecule has 2 rings (SSSR count). The molecule has 0 unspecified atom stereocenters. The van der Waals surface area contributed by atoms with E-state index in [1.165, 1.54) is 17.2 Å². The predicted molar refractivity (Wildman–Crippen MR) is 74.3 cm³/mol. The van der Waals surface area contributed by atoms with Crippen LogP contribution in [0.1, 0.15) is 19.9 Å². The van der Waals surface area contributed by atoms with E-state index in [2.05, 4.69) is 30.7 Å². The molecule has 0 aromatic carbocycles. The van der Waals surface area contributed by atoms with Crippen LogP contribution in [0, 0.1) is 0 Å². The van der Waals surface area contributed by atoms with E-state index in [0.29, 0.717) is 10.4 Å². The molecule has 7 nitrogen and oxygen atoms in total. The van der Waals surface area contributed by atoms with Gasteiger partial charge in [-0.1, -0.05) is 0 Å². The maximum absolute atomic E-state index is 12.2. The molecule has 0 saturated carbocycles. The summed E-state index contributed by atoms with van der Waals surface area (Å²) in [7, 11) is -2.05. The number of anilines is 1. The largest absolute Gasteiger partial charge is 0.334 e. The number of halogens is 1. The van der Waals surface area contributed by atoms with Gasteiger partial charge in [0.1, 0.15) is 10.4 Å². The van der Waals surface area contributed by atoms with Crippen molar-refractivity contribution in [3.8, 4) is 0 Å². The first kappa shape index (κ1) is 14.1. The third kappa shape index (κ3) is 2.98. The number of imidazole rings is 1.